The molecule has 1 amide bonds. The number of fused-ring (bicyclic) bond motifs is 3. The molecule has 0 aliphatic carbocycles. The van der Waals surface area contributed by atoms with Gasteiger partial charge in [-0.3, -0.25) is 4.90 Å². The van der Waals surface area contributed by atoms with E-state index in [4.69, 9.17) is 14.5 Å². The molecule has 0 radical (unpaired) electrons. The Labute approximate surface area is 182 Å². The van der Waals surface area contributed by atoms with Crippen LogP contribution in [0.15, 0.2) is 17.0 Å². The second-order valence-electron chi connectivity index (χ2n) is 9.09. The Kier molecular flexibility index (Phi) is 5.81. The highest BCUT2D eigenvalue weighted by molar-refractivity contribution is 7.90. The van der Waals surface area contributed by atoms with Crippen molar-refractivity contribution in [3.05, 3.63) is 23.5 Å². The van der Waals surface area contributed by atoms with Gasteiger partial charge in [-0.25, -0.2) is 23.0 Å². The number of rotatable bonds is 3. The van der Waals surface area contributed by atoms with Crippen molar-refractivity contribution >= 4 is 32.9 Å². The number of aromatic nitrogens is 2. The number of hydrogen-bond acceptors (Lipinski definition) is 7. The van der Waals surface area contributed by atoms with Gasteiger partial charge in [0.1, 0.15) is 11.4 Å². The van der Waals surface area contributed by atoms with Crippen LogP contribution in [-0.4, -0.2) is 60.4 Å². The Bertz CT molecular complexity index is 1140. The average molecular weight is 452 g/mol. The number of nitrogens with zero attached hydrogens (tertiary/aromatic N) is 3. The van der Waals surface area contributed by atoms with Crippen molar-refractivity contribution in [3.8, 4) is 0 Å². The van der Waals surface area contributed by atoms with Crippen molar-refractivity contribution in [2.24, 2.45) is 5.92 Å². The van der Waals surface area contributed by atoms with E-state index in [1.54, 1.807) is 4.90 Å². The number of carbonyl (C=O) groups excluding carboxylic acids is 2. The van der Waals surface area contributed by atoms with Gasteiger partial charge in [0.2, 0.25) is 0 Å². The summed E-state index contributed by atoms with van der Waals surface area (Å²) in [5.74, 6) is -0.0921. The fourth-order valence-corrected chi connectivity index (χ4v) is 4.74. The highest BCUT2D eigenvalue weighted by atomic mass is 32.2. The van der Waals surface area contributed by atoms with Crippen LogP contribution in [0, 0.1) is 5.92 Å². The van der Waals surface area contributed by atoms with E-state index in [0.717, 1.165) is 6.26 Å². The van der Waals surface area contributed by atoms with Crippen molar-refractivity contribution in [2.75, 3.05) is 19.9 Å². The minimum absolute atomic E-state index is 0.0258. The van der Waals surface area contributed by atoms with Gasteiger partial charge in [0.05, 0.1) is 34.6 Å². The van der Waals surface area contributed by atoms with Gasteiger partial charge in [0.25, 0.3) is 0 Å². The summed E-state index contributed by atoms with van der Waals surface area (Å²) in [6.07, 6.45) is 0.631. The SMILES string of the molecule is COC(=O)c1cc2nc3n(c2cc1S(C)(=O)=O)CCN(C(=O)OC(C)(C)C)C3C(C)C. The van der Waals surface area contributed by atoms with E-state index in [0.29, 0.717) is 29.9 Å². The standard InChI is InChI=1S/C21H29N3O6S/c1-12(2)17-18-22-14-10-13(19(25)29-6)16(31(7,27)28)11-15(14)23(18)8-9-24(17)20(26)30-21(3,4)5/h10-12,17H,8-9H2,1-7H3. The lowest BCUT2D eigenvalue weighted by atomic mass is 10.0. The maximum atomic E-state index is 12.8. The van der Waals surface area contributed by atoms with E-state index in [1.165, 1.54) is 19.2 Å². The van der Waals surface area contributed by atoms with Gasteiger partial charge in [-0.15, -0.1) is 0 Å². The third-order valence-corrected chi connectivity index (χ3v) is 6.24. The Morgan fingerprint density at radius 2 is 1.84 bits per heavy atom. The molecule has 2 heterocycles. The molecule has 1 aliphatic rings. The Morgan fingerprint density at radius 3 is 2.35 bits per heavy atom. The number of hydrogen-bond donors (Lipinski definition) is 0. The summed E-state index contributed by atoms with van der Waals surface area (Å²) in [4.78, 5) is 31.3. The first-order valence-electron chi connectivity index (χ1n) is 10.1. The van der Waals surface area contributed by atoms with Crippen LogP contribution in [0.2, 0.25) is 0 Å². The van der Waals surface area contributed by atoms with Crippen molar-refractivity contribution in [2.45, 2.75) is 57.7 Å². The molecule has 1 atom stereocenters. The highest BCUT2D eigenvalue weighted by Crippen LogP contribution is 2.36. The molecule has 0 saturated carbocycles. The number of ether oxygens (including phenoxy) is 2. The molecule has 31 heavy (non-hydrogen) atoms. The van der Waals surface area contributed by atoms with Crippen LogP contribution < -0.4 is 0 Å². The summed E-state index contributed by atoms with van der Waals surface area (Å²) in [7, 11) is -2.49. The van der Waals surface area contributed by atoms with Gasteiger partial charge in [0.15, 0.2) is 9.84 Å². The van der Waals surface area contributed by atoms with Crippen LogP contribution in [-0.2, 0) is 25.9 Å². The summed E-state index contributed by atoms with van der Waals surface area (Å²) in [5, 5.41) is 0. The second kappa shape index (κ2) is 7.81. The van der Waals surface area contributed by atoms with Crippen LogP contribution in [0.1, 0.15) is 56.8 Å². The molecule has 0 bridgehead atoms. The number of esters is 1. The minimum Gasteiger partial charge on any atom is -0.465 e. The Hall–Kier alpha value is -2.62. The van der Waals surface area contributed by atoms with Crippen LogP contribution >= 0.6 is 0 Å². The molecule has 9 nitrogen and oxygen atoms in total. The number of methoxy groups -OCH3 is 1. The van der Waals surface area contributed by atoms with Crippen LogP contribution in [0.25, 0.3) is 11.0 Å². The van der Waals surface area contributed by atoms with Gasteiger partial charge < -0.3 is 14.0 Å². The normalized spacial score (nSPS) is 17.0. The van der Waals surface area contributed by atoms with E-state index in [9.17, 15) is 18.0 Å². The zero-order valence-corrected chi connectivity index (χ0v) is 19.7. The maximum absolute atomic E-state index is 12.8. The quantitative estimate of drug-likeness (QED) is 0.660. The summed E-state index contributed by atoms with van der Waals surface area (Å²) in [6, 6.07) is 2.55. The molecule has 170 valence electrons. The zero-order chi connectivity index (χ0) is 23.3. The van der Waals surface area contributed by atoms with Crippen LogP contribution in [0.5, 0.6) is 0 Å². The molecule has 1 aliphatic heterocycles. The number of imidazole rings is 1. The molecule has 0 fully saturated rings. The van der Waals surface area contributed by atoms with Crippen molar-refractivity contribution in [1.29, 1.82) is 0 Å². The third kappa shape index (κ3) is 4.39. The fraction of sp³-hybridized carbons (Fsp3) is 0.571. The van der Waals surface area contributed by atoms with Gasteiger partial charge in [-0.2, -0.15) is 0 Å². The predicted octanol–water partition coefficient (Wildman–Crippen LogP) is 3.17. The molecule has 1 aromatic heterocycles. The summed E-state index contributed by atoms with van der Waals surface area (Å²) >= 11 is 0. The van der Waals surface area contributed by atoms with E-state index in [1.807, 2.05) is 39.2 Å². The molecule has 2 aromatic rings. The summed E-state index contributed by atoms with van der Waals surface area (Å²) in [5.41, 5.74) is 0.380. The maximum Gasteiger partial charge on any atom is 0.410 e. The van der Waals surface area contributed by atoms with Crippen LogP contribution in [0.4, 0.5) is 4.79 Å². The van der Waals surface area contributed by atoms with Gasteiger partial charge >= 0.3 is 12.1 Å². The third-order valence-electron chi connectivity index (χ3n) is 5.11. The summed E-state index contributed by atoms with van der Waals surface area (Å²) in [6.45, 7) is 10.2. The van der Waals surface area contributed by atoms with Crippen molar-refractivity contribution in [3.63, 3.8) is 0 Å². The topological polar surface area (TPSA) is 108 Å². The Morgan fingerprint density at radius 1 is 1.19 bits per heavy atom. The first-order valence-corrected chi connectivity index (χ1v) is 12.0. The van der Waals surface area contributed by atoms with E-state index in [2.05, 4.69) is 0 Å². The molecule has 3 rings (SSSR count). The zero-order valence-electron chi connectivity index (χ0n) is 18.9. The minimum atomic E-state index is -3.69. The van der Waals surface area contributed by atoms with Crippen LogP contribution in [0.3, 0.4) is 0 Å². The monoisotopic (exact) mass is 451 g/mol. The first kappa shape index (κ1) is 23.1. The molecule has 0 N–H and O–H groups in total. The van der Waals surface area contributed by atoms with Crippen molar-refractivity contribution < 1.29 is 27.5 Å². The molecule has 1 unspecified atom stereocenters. The second-order valence-corrected chi connectivity index (χ2v) is 11.1. The molecule has 1 aromatic carbocycles. The number of amides is 1. The average Bonchev–Trinajstić information content (AvgIpc) is 3.00. The lowest BCUT2D eigenvalue weighted by Gasteiger charge is -2.38. The van der Waals surface area contributed by atoms with Gasteiger partial charge in [-0.1, -0.05) is 13.8 Å². The fourth-order valence-electron chi connectivity index (χ4n) is 3.88. The van der Waals surface area contributed by atoms with Gasteiger partial charge in [0, 0.05) is 19.3 Å². The van der Waals surface area contributed by atoms with Crippen molar-refractivity contribution in [1.82, 2.24) is 14.5 Å². The first-order chi connectivity index (χ1) is 14.2. The lowest BCUT2D eigenvalue weighted by molar-refractivity contribution is 0.00400. The van der Waals surface area contributed by atoms with E-state index in [-0.39, 0.29) is 22.4 Å². The summed E-state index contributed by atoms with van der Waals surface area (Å²) < 4.78 is 37.0. The predicted molar refractivity (Wildman–Crippen MR) is 115 cm³/mol. The lowest BCUT2D eigenvalue weighted by Crippen LogP contribution is -2.46. The number of carbonyl (C=O) groups is 2. The van der Waals surface area contributed by atoms with Gasteiger partial charge in [-0.05, 0) is 38.8 Å². The number of sulfone groups is 1. The Balaban J connectivity index is 2.19. The highest BCUT2D eigenvalue weighted by Gasteiger charge is 2.38. The molecule has 10 heteroatoms. The van der Waals surface area contributed by atoms with E-state index < -0.39 is 27.5 Å². The molecular weight excluding hydrogens is 422 g/mol. The molecule has 0 saturated heterocycles. The smallest absolute Gasteiger partial charge is 0.410 e. The number of benzene rings is 1. The molecular formula is C21H29N3O6S. The largest absolute Gasteiger partial charge is 0.465 e. The molecule has 0 spiro atoms. The van der Waals surface area contributed by atoms with E-state index >= 15 is 0 Å².